The molecule has 0 radical (unpaired) electrons. The van der Waals surface area contributed by atoms with Gasteiger partial charge in [-0.05, 0) is 51.7 Å². The summed E-state index contributed by atoms with van der Waals surface area (Å²) in [7, 11) is -3.56. The lowest BCUT2D eigenvalue weighted by Gasteiger charge is -2.31. The van der Waals surface area contributed by atoms with E-state index in [-0.39, 0.29) is 29.8 Å². The van der Waals surface area contributed by atoms with E-state index in [9.17, 15) is 18.0 Å². The van der Waals surface area contributed by atoms with Crippen LogP contribution >= 0.6 is 0 Å². The number of ether oxygens (including phenoxy) is 1. The smallest absolute Gasteiger partial charge is 0.309 e. The van der Waals surface area contributed by atoms with Gasteiger partial charge < -0.3 is 9.64 Å². The normalized spacial score (nSPS) is 20.4. The number of rotatable bonds is 5. The molecule has 1 unspecified atom stereocenters. The number of piperidine rings is 1. The van der Waals surface area contributed by atoms with Crippen molar-refractivity contribution in [3.8, 4) is 0 Å². The highest BCUT2D eigenvalue weighted by Crippen LogP contribution is 2.25. The number of hydrogen-bond acceptors (Lipinski definition) is 5. The summed E-state index contributed by atoms with van der Waals surface area (Å²) in [6, 6.07) is 6.78. The first-order valence-corrected chi connectivity index (χ1v) is 12.3. The van der Waals surface area contributed by atoms with Gasteiger partial charge in [-0.15, -0.1) is 0 Å². The van der Waals surface area contributed by atoms with Gasteiger partial charge in [0, 0.05) is 26.2 Å². The number of likely N-dealkylation sites (tertiary alicyclic amines) is 1. The number of benzene rings is 1. The largest absolute Gasteiger partial charge is 0.452 e. The zero-order chi connectivity index (χ0) is 21.7. The number of sulfonamides is 1. The van der Waals surface area contributed by atoms with Gasteiger partial charge in [-0.2, -0.15) is 4.31 Å². The molecule has 166 valence electrons. The van der Waals surface area contributed by atoms with E-state index in [4.69, 9.17) is 4.74 Å². The van der Waals surface area contributed by atoms with Gasteiger partial charge in [0.05, 0.1) is 10.8 Å². The molecule has 0 spiro atoms. The zero-order valence-corrected chi connectivity index (χ0v) is 18.7. The van der Waals surface area contributed by atoms with Crippen LogP contribution in [0.25, 0.3) is 0 Å². The predicted octanol–water partition coefficient (Wildman–Crippen LogP) is 2.73. The van der Waals surface area contributed by atoms with Gasteiger partial charge in [0.25, 0.3) is 5.91 Å². The molecule has 2 fully saturated rings. The fourth-order valence-electron chi connectivity index (χ4n) is 4.06. The SMILES string of the molecule is Cc1ccc(S(=O)(=O)N2CCC(C(=O)OC(C)C(=O)N3CCCCCC3)CC2)cc1. The highest BCUT2D eigenvalue weighted by atomic mass is 32.2. The van der Waals surface area contributed by atoms with Gasteiger partial charge >= 0.3 is 5.97 Å². The van der Waals surface area contributed by atoms with Crippen LogP contribution in [-0.2, 0) is 24.3 Å². The average molecular weight is 437 g/mol. The molecule has 1 amide bonds. The van der Waals surface area contributed by atoms with Crippen LogP contribution in [0.15, 0.2) is 29.2 Å². The Morgan fingerprint density at radius 3 is 2.10 bits per heavy atom. The number of carbonyl (C=O) groups excluding carboxylic acids is 2. The molecule has 0 bridgehead atoms. The van der Waals surface area contributed by atoms with Crippen molar-refractivity contribution in [1.82, 2.24) is 9.21 Å². The lowest BCUT2D eigenvalue weighted by Crippen LogP contribution is -2.43. The predicted molar refractivity (Wildman–Crippen MR) is 113 cm³/mol. The van der Waals surface area contributed by atoms with E-state index in [2.05, 4.69) is 0 Å². The average Bonchev–Trinajstić information content (AvgIpc) is 3.03. The van der Waals surface area contributed by atoms with Crippen molar-refractivity contribution in [2.24, 2.45) is 5.92 Å². The highest BCUT2D eigenvalue weighted by Gasteiger charge is 2.34. The Kier molecular flexibility index (Phi) is 7.52. The second-order valence-corrected chi connectivity index (χ2v) is 10.2. The number of esters is 1. The third-order valence-electron chi connectivity index (χ3n) is 6.00. The van der Waals surface area contributed by atoms with Crippen molar-refractivity contribution in [1.29, 1.82) is 0 Å². The molecule has 2 heterocycles. The summed E-state index contributed by atoms with van der Waals surface area (Å²) in [6.45, 7) is 5.51. The van der Waals surface area contributed by atoms with Gasteiger partial charge in [-0.25, -0.2) is 8.42 Å². The monoisotopic (exact) mass is 436 g/mol. The molecule has 1 atom stereocenters. The molecule has 0 N–H and O–H groups in total. The van der Waals surface area contributed by atoms with Crippen LogP contribution in [0, 0.1) is 12.8 Å². The minimum Gasteiger partial charge on any atom is -0.452 e. The Balaban J connectivity index is 1.52. The maximum absolute atomic E-state index is 12.8. The second kappa shape index (κ2) is 9.92. The topological polar surface area (TPSA) is 84.0 Å². The lowest BCUT2D eigenvalue weighted by atomic mass is 9.98. The van der Waals surface area contributed by atoms with Crippen LogP contribution in [0.5, 0.6) is 0 Å². The maximum atomic E-state index is 12.8. The van der Waals surface area contributed by atoms with Crippen LogP contribution in [0.3, 0.4) is 0 Å². The van der Waals surface area contributed by atoms with Crippen LogP contribution < -0.4 is 0 Å². The molecule has 2 aliphatic heterocycles. The number of carbonyl (C=O) groups is 2. The first-order chi connectivity index (χ1) is 14.3. The fourth-order valence-corrected chi connectivity index (χ4v) is 5.53. The molecule has 1 aromatic rings. The van der Waals surface area contributed by atoms with Crippen LogP contribution in [0.2, 0.25) is 0 Å². The summed E-state index contributed by atoms with van der Waals surface area (Å²) < 4.78 is 32.5. The van der Waals surface area contributed by atoms with E-state index >= 15 is 0 Å². The van der Waals surface area contributed by atoms with Crippen molar-refractivity contribution in [3.05, 3.63) is 29.8 Å². The molecule has 0 saturated carbocycles. The van der Waals surface area contributed by atoms with E-state index < -0.39 is 22.1 Å². The van der Waals surface area contributed by atoms with Gasteiger partial charge in [-0.1, -0.05) is 30.5 Å². The van der Waals surface area contributed by atoms with Crippen LogP contribution in [0.4, 0.5) is 0 Å². The lowest BCUT2D eigenvalue weighted by molar-refractivity contribution is -0.163. The molecule has 0 aromatic heterocycles. The molecule has 1 aromatic carbocycles. The summed E-state index contributed by atoms with van der Waals surface area (Å²) in [5, 5.41) is 0. The van der Waals surface area contributed by atoms with Crippen molar-refractivity contribution < 1.29 is 22.7 Å². The van der Waals surface area contributed by atoms with Crippen LogP contribution in [-0.4, -0.2) is 61.8 Å². The molecule has 3 rings (SSSR count). The van der Waals surface area contributed by atoms with E-state index in [0.717, 1.165) is 44.3 Å². The van der Waals surface area contributed by atoms with Gasteiger partial charge in [0.2, 0.25) is 10.0 Å². The minimum atomic E-state index is -3.56. The summed E-state index contributed by atoms with van der Waals surface area (Å²) >= 11 is 0. The first kappa shape index (κ1) is 22.7. The van der Waals surface area contributed by atoms with Crippen molar-refractivity contribution >= 4 is 21.9 Å². The molecule has 8 heteroatoms. The summed E-state index contributed by atoms with van der Waals surface area (Å²) in [5.41, 5.74) is 0.999. The van der Waals surface area contributed by atoms with Crippen molar-refractivity contribution in [2.75, 3.05) is 26.2 Å². The first-order valence-electron chi connectivity index (χ1n) is 10.8. The van der Waals surface area contributed by atoms with E-state index in [0.29, 0.717) is 12.8 Å². The standard InChI is InChI=1S/C22H32N2O5S/c1-17-7-9-20(10-8-17)30(27,28)24-15-11-19(12-16-24)22(26)29-18(2)21(25)23-13-5-3-4-6-14-23/h7-10,18-19H,3-6,11-16H2,1-2H3. The molecular weight excluding hydrogens is 404 g/mol. The van der Waals surface area contributed by atoms with Gasteiger partial charge in [0.15, 0.2) is 6.10 Å². The Labute approximate surface area is 179 Å². The van der Waals surface area contributed by atoms with Crippen molar-refractivity contribution in [3.63, 3.8) is 0 Å². The van der Waals surface area contributed by atoms with E-state index in [1.54, 1.807) is 36.1 Å². The second-order valence-electron chi connectivity index (χ2n) is 8.31. The molecular formula is C22H32N2O5S. The molecule has 7 nitrogen and oxygen atoms in total. The van der Waals surface area contributed by atoms with E-state index in [1.165, 1.54) is 4.31 Å². The Morgan fingerprint density at radius 2 is 1.53 bits per heavy atom. The zero-order valence-electron chi connectivity index (χ0n) is 17.9. The molecule has 2 aliphatic rings. The van der Waals surface area contributed by atoms with Crippen molar-refractivity contribution in [2.45, 2.75) is 63.4 Å². The summed E-state index contributed by atoms with van der Waals surface area (Å²) in [6.07, 6.45) is 4.22. The quantitative estimate of drug-likeness (QED) is 0.663. The van der Waals surface area contributed by atoms with E-state index in [1.807, 2.05) is 6.92 Å². The fraction of sp³-hybridized carbons (Fsp3) is 0.636. The summed E-state index contributed by atoms with van der Waals surface area (Å²) in [5.74, 6) is -0.920. The third kappa shape index (κ3) is 5.40. The van der Waals surface area contributed by atoms with Crippen LogP contribution in [0.1, 0.15) is 51.0 Å². The number of amides is 1. The highest BCUT2D eigenvalue weighted by molar-refractivity contribution is 7.89. The van der Waals surface area contributed by atoms with Gasteiger partial charge in [0.1, 0.15) is 0 Å². The Morgan fingerprint density at radius 1 is 0.967 bits per heavy atom. The number of hydrogen-bond donors (Lipinski definition) is 0. The number of nitrogens with zero attached hydrogens (tertiary/aromatic N) is 2. The molecule has 2 saturated heterocycles. The minimum absolute atomic E-state index is 0.135. The summed E-state index contributed by atoms with van der Waals surface area (Å²) in [4.78, 5) is 27.2. The third-order valence-corrected chi connectivity index (χ3v) is 7.92. The van der Waals surface area contributed by atoms with Gasteiger partial charge in [-0.3, -0.25) is 9.59 Å². The molecule has 0 aliphatic carbocycles. The molecule has 30 heavy (non-hydrogen) atoms. The maximum Gasteiger partial charge on any atom is 0.309 e. The number of aryl methyl sites for hydroxylation is 1. The Bertz CT molecular complexity index is 837. The Hall–Kier alpha value is -1.93.